The highest BCUT2D eigenvalue weighted by Gasteiger charge is 2.42. The van der Waals surface area contributed by atoms with Crippen LogP contribution in [0.3, 0.4) is 0 Å². The average molecular weight is 316 g/mol. The van der Waals surface area contributed by atoms with Crippen molar-refractivity contribution < 1.29 is 4.79 Å². The van der Waals surface area contributed by atoms with E-state index in [9.17, 15) is 4.79 Å². The van der Waals surface area contributed by atoms with Crippen LogP contribution in [0.2, 0.25) is 0 Å². The maximum absolute atomic E-state index is 12.7. The van der Waals surface area contributed by atoms with Gasteiger partial charge in [0.2, 0.25) is 5.91 Å². The monoisotopic (exact) mass is 315 g/mol. The zero-order valence-electron chi connectivity index (χ0n) is 11.9. The first-order chi connectivity index (χ1) is 8.43. The fraction of sp³-hybridized carbons (Fsp3) is 0.933. The van der Waals surface area contributed by atoms with Crippen LogP contribution in [-0.4, -0.2) is 28.7 Å². The molecular weight excluding hydrogens is 290 g/mol. The Hall–Kier alpha value is -0.0500. The van der Waals surface area contributed by atoms with E-state index >= 15 is 0 Å². The SMILES string of the molecule is CN(C(=O)C1CCCC1(C)C)C1CCCCC1Br. The Balaban J connectivity index is 2.04. The highest BCUT2D eigenvalue weighted by Crippen LogP contribution is 2.44. The van der Waals surface area contributed by atoms with Gasteiger partial charge in [0.25, 0.3) is 0 Å². The molecule has 2 saturated carbocycles. The van der Waals surface area contributed by atoms with Crippen molar-refractivity contribution in [2.75, 3.05) is 7.05 Å². The number of hydrogen-bond donors (Lipinski definition) is 0. The summed E-state index contributed by atoms with van der Waals surface area (Å²) in [7, 11) is 2.01. The molecule has 2 aliphatic rings. The molecule has 0 aromatic heterocycles. The lowest BCUT2D eigenvalue weighted by Gasteiger charge is -2.38. The van der Waals surface area contributed by atoms with Gasteiger partial charge in [0.15, 0.2) is 0 Å². The van der Waals surface area contributed by atoms with Gasteiger partial charge in [-0.2, -0.15) is 0 Å². The lowest BCUT2D eigenvalue weighted by atomic mass is 9.80. The van der Waals surface area contributed by atoms with E-state index in [1.165, 1.54) is 32.1 Å². The normalized spacial score (nSPS) is 35.4. The number of nitrogens with zero attached hydrogens (tertiary/aromatic N) is 1. The Morgan fingerprint density at radius 3 is 2.39 bits per heavy atom. The van der Waals surface area contributed by atoms with Gasteiger partial charge < -0.3 is 4.90 Å². The number of hydrogen-bond acceptors (Lipinski definition) is 1. The molecule has 1 amide bonds. The molecule has 2 nitrogen and oxygen atoms in total. The topological polar surface area (TPSA) is 20.3 Å². The minimum Gasteiger partial charge on any atom is -0.341 e. The minimum absolute atomic E-state index is 0.196. The van der Waals surface area contributed by atoms with Gasteiger partial charge in [0.05, 0.1) is 0 Å². The van der Waals surface area contributed by atoms with Gasteiger partial charge in [0.1, 0.15) is 0 Å². The summed E-state index contributed by atoms with van der Waals surface area (Å²) in [6.07, 6.45) is 8.40. The number of rotatable bonds is 2. The smallest absolute Gasteiger partial charge is 0.226 e. The van der Waals surface area contributed by atoms with E-state index in [0.717, 1.165) is 12.8 Å². The lowest BCUT2D eigenvalue weighted by molar-refractivity contribution is -0.139. The molecule has 3 unspecified atom stereocenters. The summed E-state index contributed by atoms with van der Waals surface area (Å²) < 4.78 is 0. The molecule has 0 radical (unpaired) electrons. The van der Waals surface area contributed by atoms with Gasteiger partial charge in [-0.25, -0.2) is 0 Å². The summed E-state index contributed by atoms with van der Waals surface area (Å²) in [5.74, 6) is 0.623. The van der Waals surface area contributed by atoms with E-state index in [1.807, 2.05) is 7.05 Å². The number of alkyl halides is 1. The Labute approximate surface area is 120 Å². The molecule has 0 bridgehead atoms. The van der Waals surface area contributed by atoms with Crippen molar-refractivity contribution in [3.8, 4) is 0 Å². The van der Waals surface area contributed by atoms with E-state index < -0.39 is 0 Å². The zero-order chi connectivity index (χ0) is 13.3. The van der Waals surface area contributed by atoms with Crippen LogP contribution in [0, 0.1) is 11.3 Å². The van der Waals surface area contributed by atoms with Crippen LogP contribution >= 0.6 is 15.9 Å². The van der Waals surface area contributed by atoms with E-state index in [1.54, 1.807) is 0 Å². The Bertz CT molecular complexity index is 316. The molecule has 3 atom stereocenters. The van der Waals surface area contributed by atoms with Crippen LogP contribution in [0.5, 0.6) is 0 Å². The molecule has 2 rings (SSSR count). The summed E-state index contributed by atoms with van der Waals surface area (Å²) in [5, 5.41) is 0. The van der Waals surface area contributed by atoms with E-state index in [-0.39, 0.29) is 11.3 Å². The molecule has 0 aliphatic heterocycles. The summed E-state index contributed by atoms with van der Waals surface area (Å²) >= 11 is 3.77. The third kappa shape index (κ3) is 2.76. The van der Waals surface area contributed by atoms with Crippen molar-refractivity contribution in [2.45, 2.75) is 69.7 Å². The van der Waals surface area contributed by atoms with Crippen molar-refractivity contribution >= 4 is 21.8 Å². The Morgan fingerprint density at radius 2 is 1.83 bits per heavy atom. The molecule has 0 aromatic rings. The average Bonchev–Trinajstić information content (AvgIpc) is 2.68. The molecule has 2 aliphatic carbocycles. The number of carbonyl (C=O) groups excluding carboxylic acids is 1. The van der Waals surface area contributed by atoms with Crippen LogP contribution in [0.4, 0.5) is 0 Å². The number of halogens is 1. The second-order valence-electron chi connectivity index (χ2n) is 6.75. The van der Waals surface area contributed by atoms with Crippen LogP contribution in [-0.2, 0) is 4.79 Å². The molecule has 3 heteroatoms. The third-order valence-corrected chi connectivity index (χ3v) is 6.12. The second-order valence-corrected chi connectivity index (χ2v) is 7.93. The van der Waals surface area contributed by atoms with Crippen LogP contribution in [0.25, 0.3) is 0 Å². The van der Waals surface area contributed by atoms with Crippen molar-refractivity contribution in [3.63, 3.8) is 0 Å². The largest absolute Gasteiger partial charge is 0.341 e. The van der Waals surface area contributed by atoms with E-state index in [2.05, 4.69) is 34.7 Å². The minimum atomic E-state index is 0.196. The molecule has 0 heterocycles. The van der Waals surface area contributed by atoms with Gasteiger partial charge in [-0.05, 0) is 31.1 Å². The maximum Gasteiger partial charge on any atom is 0.226 e. The third-order valence-electron chi connectivity index (χ3n) is 5.05. The molecule has 0 aromatic carbocycles. The standard InChI is InChI=1S/C15H26BrNO/c1-15(2)10-6-7-11(15)14(18)17(3)13-9-5-4-8-12(13)16/h11-13H,4-10H2,1-3H3. The van der Waals surface area contributed by atoms with Crippen molar-refractivity contribution in [1.29, 1.82) is 0 Å². The molecule has 0 saturated heterocycles. The summed E-state index contributed by atoms with van der Waals surface area (Å²) in [5.41, 5.74) is 0.196. The first kappa shape index (κ1) is 14.4. The first-order valence-corrected chi connectivity index (χ1v) is 8.26. The molecule has 0 spiro atoms. The molecule has 104 valence electrons. The van der Waals surface area contributed by atoms with Gasteiger partial charge in [-0.15, -0.1) is 0 Å². The summed E-state index contributed by atoms with van der Waals surface area (Å²) in [4.78, 5) is 15.3. The van der Waals surface area contributed by atoms with E-state index in [0.29, 0.717) is 16.8 Å². The van der Waals surface area contributed by atoms with Gasteiger partial charge in [-0.1, -0.05) is 49.0 Å². The van der Waals surface area contributed by atoms with Gasteiger partial charge in [0, 0.05) is 23.8 Å². The van der Waals surface area contributed by atoms with Gasteiger partial charge >= 0.3 is 0 Å². The predicted molar refractivity (Wildman–Crippen MR) is 78.9 cm³/mol. The quantitative estimate of drug-likeness (QED) is 0.706. The fourth-order valence-electron chi connectivity index (χ4n) is 3.70. The summed E-state index contributed by atoms with van der Waals surface area (Å²) in [6, 6.07) is 0.405. The lowest BCUT2D eigenvalue weighted by Crippen LogP contribution is -2.48. The number of amides is 1. The predicted octanol–water partition coefficient (Wildman–Crippen LogP) is 3.98. The molecule has 2 fully saturated rings. The Morgan fingerprint density at radius 1 is 1.17 bits per heavy atom. The first-order valence-electron chi connectivity index (χ1n) is 7.34. The van der Waals surface area contributed by atoms with Gasteiger partial charge in [-0.3, -0.25) is 4.79 Å². The van der Waals surface area contributed by atoms with Crippen LogP contribution < -0.4 is 0 Å². The van der Waals surface area contributed by atoms with Crippen LogP contribution in [0.1, 0.15) is 58.8 Å². The van der Waals surface area contributed by atoms with Crippen LogP contribution in [0.15, 0.2) is 0 Å². The molecular formula is C15H26BrNO. The zero-order valence-corrected chi connectivity index (χ0v) is 13.5. The fourth-order valence-corrected chi connectivity index (χ4v) is 4.64. The highest BCUT2D eigenvalue weighted by molar-refractivity contribution is 9.09. The number of carbonyl (C=O) groups is 1. The Kier molecular flexibility index (Phi) is 4.40. The molecule has 0 N–H and O–H groups in total. The maximum atomic E-state index is 12.7. The van der Waals surface area contributed by atoms with Crippen molar-refractivity contribution in [1.82, 2.24) is 4.90 Å². The molecule has 18 heavy (non-hydrogen) atoms. The summed E-state index contributed by atoms with van der Waals surface area (Å²) in [6.45, 7) is 4.51. The second kappa shape index (κ2) is 5.52. The van der Waals surface area contributed by atoms with E-state index in [4.69, 9.17) is 0 Å². The van der Waals surface area contributed by atoms with Crippen molar-refractivity contribution in [3.05, 3.63) is 0 Å². The highest BCUT2D eigenvalue weighted by atomic mass is 79.9. The van der Waals surface area contributed by atoms with Crippen molar-refractivity contribution in [2.24, 2.45) is 11.3 Å².